The van der Waals surface area contributed by atoms with Gasteiger partial charge in [0.2, 0.25) is 5.91 Å². The van der Waals surface area contributed by atoms with E-state index in [2.05, 4.69) is 5.32 Å². The highest BCUT2D eigenvalue weighted by atomic mass is 32.2. The zero-order chi connectivity index (χ0) is 12.8. The molecule has 1 aliphatic carbocycles. The summed E-state index contributed by atoms with van der Waals surface area (Å²) >= 11 is 1.92. The van der Waals surface area contributed by atoms with Gasteiger partial charge in [0.05, 0.1) is 6.61 Å². The number of carbonyl (C=O) groups is 1. The maximum atomic E-state index is 12.4. The molecule has 0 bridgehead atoms. The van der Waals surface area contributed by atoms with E-state index in [1.54, 1.807) is 0 Å². The van der Waals surface area contributed by atoms with E-state index in [9.17, 15) is 4.79 Å². The molecule has 0 radical (unpaired) electrons. The van der Waals surface area contributed by atoms with Gasteiger partial charge in [0, 0.05) is 43.1 Å². The van der Waals surface area contributed by atoms with Crippen molar-refractivity contribution in [1.29, 1.82) is 0 Å². The molecule has 0 aromatic carbocycles. The summed E-state index contributed by atoms with van der Waals surface area (Å²) in [5.74, 6) is 2.40. The topological polar surface area (TPSA) is 52.6 Å². The van der Waals surface area contributed by atoms with Gasteiger partial charge in [-0.2, -0.15) is 11.8 Å². The summed E-state index contributed by atoms with van der Waals surface area (Å²) in [6.07, 6.45) is 5.25. The minimum absolute atomic E-state index is 0.0785. The van der Waals surface area contributed by atoms with E-state index in [1.165, 1.54) is 12.8 Å². The third kappa shape index (κ3) is 3.87. The molecule has 4 nitrogen and oxygen atoms in total. The molecule has 18 heavy (non-hydrogen) atoms. The van der Waals surface area contributed by atoms with Crippen LogP contribution in [0.5, 0.6) is 0 Å². The van der Waals surface area contributed by atoms with Crippen molar-refractivity contribution < 1.29 is 9.90 Å². The van der Waals surface area contributed by atoms with Gasteiger partial charge in [-0.3, -0.25) is 4.79 Å². The molecule has 0 aromatic rings. The molecule has 2 N–H and O–H groups in total. The summed E-state index contributed by atoms with van der Waals surface area (Å²) in [5.41, 5.74) is 0. The van der Waals surface area contributed by atoms with Crippen molar-refractivity contribution >= 4 is 17.7 Å². The van der Waals surface area contributed by atoms with Crippen LogP contribution >= 0.6 is 11.8 Å². The number of rotatable bonds is 5. The molecule has 1 atom stereocenters. The molecule has 5 heteroatoms. The number of nitrogens with zero attached hydrogens (tertiary/aromatic N) is 1. The molecule has 1 unspecified atom stereocenters. The number of carbonyl (C=O) groups excluding carboxylic acids is 1. The van der Waals surface area contributed by atoms with Gasteiger partial charge in [-0.25, -0.2) is 0 Å². The Hall–Kier alpha value is -0.260. The third-order valence-electron chi connectivity index (χ3n) is 3.85. The molecule has 0 aromatic heterocycles. The lowest BCUT2D eigenvalue weighted by Gasteiger charge is -2.31. The maximum Gasteiger partial charge on any atom is 0.224 e. The molecule has 1 saturated carbocycles. The second-order valence-corrected chi connectivity index (χ2v) is 6.33. The van der Waals surface area contributed by atoms with Crippen molar-refractivity contribution in [2.45, 2.75) is 44.2 Å². The first-order chi connectivity index (χ1) is 8.81. The van der Waals surface area contributed by atoms with Crippen LogP contribution in [0.4, 0.5) is 0 Å². The second kappa shape index (κ2) is 7.36. The predicted octanol–water partition coefficient (Wildman–Crippen LogP) is 0.845. The van der Waals surface area contributed by atoms with Gasteiger partial charge < -0.3 is 15.3 Å². The van der Waals surface area contributed by atoms with E-state index >= 15 is 0 Å². The Morgan fingerprint density at radius 1 is 1.39 bits per heavy atom. The first kappa shape index (κ1) is 14.2. The van der Waals surface area contributed by atoms with Gasteiger partial charge >= 0.3 is 0 Å². The van der Waals surface area contributed by atoms with Crippen LogP contribution < -0.4 is 5.32 Å². The first-order valence-corrected chi connectivity index (χ1v) is 8.18. The number of aliphatic hydroxyl groups is 1. The van der Waals surface area contributed by atoms with Gasteiger partial charge in [-0.05, 0) is 12.8 Å². The fourth-order valence-electron chi connectivity index (χ4n) is 2.91. The average molecular weight is 272 g/mol. The normalized spacial score (nSPS) is 25.3. The molecule has 2 aliphatic rings. The molecule has 1 aliphatic heterocycles. The zero-order valence-corrected chi connectivity index (χ0v) is 11.8. The van der Waals surface area contributed by atoms with E-state index in [4.69, 9.17) is 5.11 Å². The van der Waals surface area contributed by atoms with Crippen LogP contribution in [-0.4, -0.2) is 59.2 Å². The highest BCUT2D eigenvalue weighted by Crippen LogP contribution is 2.24. The number of amides is 1. The summed E-state index contributed by atoms with van der Waals surface area (Å²) < 4.78 is 0. The van der Waals surface area contributed by atoms with Gasteiger partial charge in [0.25, 0.3) is 0 Å². The van der Waals surface area contributed by atoms with Crippen LogP contribution in [0.2, 0.25) is 0 Å². The van der Waals surface area contributed by atoms with E-state index in [-0.39, 0.29) is 12.5 Å². The summed E-state index contributed by atoms with van der Waals surface area (Å²) in [7, 11) is 0. The Morgan fingerprint density at radius 2 is 2.17 bits per heavy atom. The lowest BCUT2D eigenvalue weighted by Crippen LogP contribution is -2.46. The fourth-order valence-corrected chi connectivity index (χ4v) is 3.86. The highest BCUT2D eigenvalue weighted by Gasteiger charge is 2.28. The monoisotopic (exact) mass is 272 g/mol. The second-order valence-electron chi connectivity index (χ2n) is 5.18. The lowest BCUT2D eigenvalue weighted by molar-refractivity contribution is -0.134. The maximum absolute atomic E-state index is 12.4. The number of aliphatic hydroxyl groups excluding tert-OH is 1. The molecular formula is C13H24N2O2S. The SMILES string of the molecule is O=C(CC1CSCCN1)N(CCO)C1CCCC1. The fraction of sp³-hybridized carbons (Fsp3) is 0.923. The number of nitrogens with one attached hydrogen (secondary N) is 1. The Bertz CT molecular complexity index is 264. The van der Waals surface area contributed by atoms with Crippen molar-refractivity contribution in [3.63, 3.8) is 0 Å². The van der Waals surface area contributed by atoms with Crippen LogP contribution in [-0.2, 0) is 4.79 Å². The van der Waals surface area contributed by atoms with E-state index in [1.807, 2.05) is 16.7 Å². The Balaban J connectivity index is 1.85. The van der Waals surface area contributed by atoms with Crippen molar-refractivity contribution in [2.75, 3.05) is 31.2 Å². The summed E-state index contributed by atoms with van der Waals surface area (Å²) in [6, 6.07) is 0.694. The molecule has 1 heterocycles. The van der Waals surface area contributed by atoms with E-state index < -0.39 is 0 Å². The number of hydrogen-bond acceptors (Lipinski definition) is 4. The van der Waals surface area contributed by atoms with Crippen LogP contribution in [0.1, 0.15) is 32.1 Å². The Kier molecular flexibility index (Phi) is 5.79. The van der Waals surface area contributed by atoms with Crippen LogP contribution in [0.15, 0.2) is 0 Å². The third-order valence-corrected chi connectivity index (χ3v) is 4.98. The minimum atomic E-state index is 0.0785. The van der Waals surface area contributed by atoms with E-state index in [0.717, 1.165) is 30.9 Å². The summed E-state index contributed by atoms with van der Waals surface area (Å²) in [5, 5.41) is 12.5. The van der Waals surface area contributed by atoms with Crippen molar-refractivity contribution in [2.24, 2.45) is 0 Å². The standard InChI is InChI=1S/C13H24N2O2S/c16-7-6-15(12-3-1-2-4-12)13(17)9-11-10-18-8-5-14-11/h11-12,14,16H,1-10H2. The van der Waals surface area contributed by atoms with Crippen LogP contribution in [0.3, 0.4) is 0 Å². The quantitative estimate of drug-likeness (QED) is 0.779. The van der Waals surface area contributed by atoms with Gasteiger partial charge in [-0.1, -0.05) is 12.8 Å². The average Bonchev–Trinajstić information content (AvgIpc) is 2.90. The van der Waals surface area contributed by atoms with Crippen LogP contribution in [0.25, 0.3) is 0 Å². The minimum Gasteiger partial charge on any atom is -0.395 e. The molecule has 1 saturated heterocycles. The largest absolute Gasteiger partial charge is 0.395 e. The zero-order valence-electron chi connectivity index (χ0n) is 10.9. The summed E-state index contributed by atoms with van der Waals surface area (Å²) in [4.78, 5) is 14.3. The Morgan fingerprint density at radius 3 is 2.78 bits per heavy atom. The molecule has 2 rings (SSSR count). The van der Waals surface area contributed by atoms with Gasteiger partial charge in [-0.15, -0.1) is 0 Å². The lowest BCUT2D eigenvalue weighted by atomic mass is 10.1. The van der Waals surface area contributed by atoms with Crippen LogP contribution in [0, 0.1) is 0 Å². The van der Waals surface area contributed by atoms with Crippen molar-refractivity contribution in [3.8, 4) is 0 Å². The van der Waals surface area contributed by atoms with Crippen molar-refractivity contribution in [3.05, 3.63) is 0 Å². The molecule has 2 fully saturated rings. The van der Waals surface area contributed by atoms with E-state index in [0.29, 0.717) is 25.0 Å². The number of thioether (sulfide) groups is 1. The number of hydrogen-bond donors (Lipinski definition) is 2. The smallest absolute Gasteiger partial charge is 0.224 e. The Labute approximate surface area is 113 Å². The van der Waals surface area contributed by atoms with Gasteiger partial charge in [0.15, 0.2) is 0 Å². The predicted molar refractivity (Wildman–Crippen MR) is 74.8 cm³/mol. The first-order valence-electron chi connectivity index (χ1n) is 7.02. The molecule has 1 amide bonds. The summed E-state index contributed by atoms with van der Waals surface area (Å²) in [6.45, 7) is 1.59. The van der Waals surface area contributed by atoms with Crippen molar-refractivity contribution in [1.82, 2.24) is 10.2 Å². The molecule has 0 spiro atoms. The highest BCUT2D eigenvalue weighted by molar-refractivity contribution is 7.99. The molecule has 104 valence electrons. The molecular weight excluding hydrogens is 248 g/mol. The van der Waals surface area contributed by atoms with Gasteiger partial charge in [0.1, 0.15) is 0 Å².